The first kappa shape index (κ1) is 19.8. The molecule has 26 heavy (non-hydrogen) atoms. The molecule has 1 amide bonds. The van der Waals surface area contributed by atoms with Crippen LogP contribution in [0.5, 0.6) is 5.75 Å². The van der Waals surface area contributed by atoms with Gasteiger partial charge in [-0.15, -0.1) is 0 Å². The number of sulfonamides is 1. The fraction of sp³-hybridized carbons (Fsp3) is 0.316. The second-order valence-corrected chi connectivity index (χ2v) is 7.87. The van der Waals surface area contributed by atoms with Crippen LogP contribution < -0.4 is 14.4 Å². The maximum Gasteiger partial charge on any atom is 0.248 e. The average molecular weight is 376 g/mol. The van der Waals surface area contributed by atoms with E-state index in [4.69, 9.17) is 4.74 Å². The maximum absolute atomic E-state index is 12.9. The Bertz CT molecular complexity index is 866. The van der Waals surface area contributed by atoms with E-state index in [1.165, 1.54) is 7.11 Å². The quantitative estimate of drug-likeness (QED) is 0.805. The number of nitrogens with zero attached hydrogens (tertiary/aromatic N) is 1. The van der Waals surface area contributed by atoms with Crippen LogP contribution in [0, 0.1) is 6.92 Å². The van der Waals surface area contributed by atoms with Crippen molar-refractivity contribution in [3.05, 3.63) is 54.1 Å². The van der Waals surface area contributed by atoms with Crippen LogP contribution in [-0.4, -0.2) is 33.7 Å². The van der Waals surface area contributed by atoms with Crippen molar-refractivity contribution in [3.63, 3.8) is 0 Å². The molecule has 0 saturated heterocycles. The molecule has 2 rings (SSSR count). The minimum Gasteiger partial charge on any atom is -0.495 e. The molecule has 6 nitrogen and oxygen atoms in total. The number of benzene rings is 2. The van der Waals surface area contributed by atoms with E-state index in [0.717, 1.165) is 16.1 Å². The molecule has 0 radical (unpaired) electrons. The highest BCUT2D eigenvalue weighted by Gasteiger charge is 2.31. The summed E-state index contributed by atoms with van der Waals surface area (Å²) >= 11 is 0. The van der Waals surface area contributed by atoms with Gasteiger partial charge in [0.1, 0.15) is 11.8 Å². The Morgan fingerprint density at radius 3 is 2.38 bits per heavy atom. The summed E-state index contributed by atoms with van der Waals surface area (Å²) in [4.78, 5) is 12.9. The van der Waals surface area contributed by atoms with E-state index in [1.54, 1.807) is 49.4 Å². The summed E-state index contributed by atoms with van der Waals surface area (Å²) in [7, 11) is -2.13. The summed E-state index contributed by atoms with van der Waals surface area (Å²) in [6.45, 7) is 3.68. The topological polar surface area (TPSA) is 75.7 Å². The molecule has 0 spiro atoms. The van der Waals surface area contributed by atoms with E-state index in [1.807, 2.05) is 13.0 Å². The van der Waals surface area contributed by atoms with Crippen molar-refractivity contribution < 1.29 is 17.9 Å². The lowest BCUT2D eigenvalue weighted by Gasteiger charge is -2.30. The molecule has 0 aromatic heterocycles. The maximum atomic E-state index is 12.9. The third kappa shape index (κ3) is 4.54. The van der Waals surface area contributed by atoms with Crippen molar-refractivity contribution in [2.45, 2.75) is 26.3 Å². The van der Waals surface area contributed by atoms with Gasteiger partial charge in [-0.3, -0.25) is 9.10 Å². The summed E-state index contributed by atoms with van der Waals surface area (Å²) in [5.74, 6) is 0.107. The fourth-order valence-corrected chi connectivity index (χ4v) is 3.98. The van der Waals surface area contributed by atoms with Crippen LogP contribution in [0.3, 0.4) is 0 Å². The number of carbonyl (C=O) groups excluding carboxylic acids is 1. The minimum atomic E-state index is -3.65. The van der Waals surface area contributed by atoms with E-state index >= 15 is 0 Å². The fourth-order valence-electron chi connectivity index (χ4n) is 2.77. The molecule has 0 aliphatic rings. The molecular weight excluding hydrogens is 352 g/mol. The first-order valence-corrected chi connectivity index (χ1v) is 10.1. The molecule has 0 bridgehead atoms. The predicted molar refractivity (Wildman–Crippen MR) is 104 cm³/mol. The van der Waals surface area contributed by atoms with Gasteiger partial charge in [-0.1, -0.05) is 31.2 Å². The average Bonchev–Trinajstić information content (AvgIpc) is 2.59. The summed E-state index contributed by atoms with van der Waals surface area (Å²) in [6.07, 6.45) is 1.42. The van der Waals surface area contributed by atoms with Crippen molar-refractivity contribution in [3.8, 4) is 5.75 Å². The Morgan fingerprint density at radius 2 is 1.85 bits per heavy atom. The zero-order valence-electron chi connectivity index (χ0n) is 15.4. The number of rotatable bonds is 7. The minimum absolute atomic E-state index is 0.321. The molecule has 140 valence electrons. The normalized spacial score (nSPS) is 12.3. The molecule has 2 aromatic carbocycles. The number of anilines is 2. The Hall–Kier alpha value is -2.54. The third-order valence-corrected chi connectivity index (χ3v) is 5.13. The van der Waals surface area contributed by atoms with E-state index < -0.39 is 22.0 Å². The van der Waals surface area contributed by atoms with Crippen molar-refractivity contribution in [1.29, 1.82) is 0 Å². The SMILES string of the molecule is CC[C@@H](C(=O)Nc1cc(C)ccc1OC)N(c1ccccc1)S(C)(=O)=O. The van der Waals surface area contributed by atoms with Gasteiger partial charge in [-0.05, 0) is 43.2 Å². The van der Waals surface area contributed by atoms with Crippen LogP contribution in [0.25, 0.3) is 0 Å². The molecule has 2 aromatic rings. The first-order chi connectivity index (χ1) is 12.3. The zero-order valence-corrected chi connectivity index (χ0v) is 16.2. The van der Waals surface area contributed by atoms with Crippen LogP contribution in [0.4, 0.5) is 11.4 Å². The van der Waals surface area contributed by atoms with Crippen molar-refractivity contribution in [2.75, 3.05) is 23.0 Å². The lowest BCUT2D eigenvalue weighted by molar-refractivity contribution is -0.117. The number of methoxy groups -OCH3 is 1. The largest absolute Gasteiger partial charge is 0.495 e. The number of aryl methyl sites for hydroxylation is 1. The van der Waals surface area contributed by atoms with Crippen LogP contribution >= 0.6 is 0 Å². The van der Waals surface area contributed by atoms with Crippen molar-refractivity contribution >= 4 is 27.3 Å². The molecule has 0 fully saturated rings. The van der Waals surface area contributed by atoms with Crippen molar-refractivity contribution in [2.24, 2.45) is 0 Å². The smallest absolute Gasteiger partial charge is 0.248 e. The number of nitrogens with one attached hydrogen (secondary N) is 1. The van der Waals surface area contributed by atoms with Gasteiger partial charge in [0.05, 0.1) is 24.7 Å². The highest BCUT2D eigenvalue weighted by atomic mass is 32.2. The Labute approximate surface area is 154 Å². The standard InChI is InChI=1S/C19H24N2O4S/c1-5-17(21(26(4,23)24)15-9-7-6-8-10-15)19(22)20-16-13-14(2)11-12-18(16)25-3/h6-13,17H,5H2,1-4H3,(H,20,22)/t17-/m0/s1. The Balaban J connectivity index is 2.39. The summed E-state index contributed by atoms with van der Waals surface area (Å²) in [5.41, 5.74) is 1.92. The van der Waals surface area contributed by atoms with Gasteiger partial charge in [0.15, 0.2) is 0 Å². The second-order valence-electron chi connectivity index (χ2n) is 6.01. The number of carbonyl (C=O) groups is 1. The first-order valence-electron chi connectivity index (χ1n) is 8.28. The molecule has 1 atom stereocenters. The number of hydrogen-bond acceptors (Lipinski definition) is 4. The van der Waals surface area contributed by atoms with Crippen LogP contribution in [0.15, 0.2) is 48.5 Å². The van der Waals surface area contributed by atoms with Gasteiger partial charge in [0.2, 0.25) is 15.9 Å². The second kappa shape index (κ2) is 8.23. The van der Waals surface area contributed by atoms with Gasteiger partial charge in [-0.25, -0.2) is 8.42 Å². The molecule has 0 heterocycles. The van der Waals surface area contributed by atoms with E-state index in [2.05, 4.69) is 5.32 Å². The van der Waals surface area contributed by atoms with E-state index in [0.29, 0.717) is 23.5 Å². The highest BCUT2D eigenvalue weighted by molar-refractivity contribution is 7.92. The van der Waals surface area contributed by atoms with Crippen LogP contribution in [0.1, 0.15) is 18.9 Å². The molecule has 0 unspecified atom stereocenters. The van der Waals surface area contributed by atoms with E-state index in [9.17, 15) is 13.2 Å². The molecule has 0 saturated carbocycles. The summed E-state index contributed by atoms with van der Waals surface area (Å²) in [6, 6.07) is 13.2. The molecular formula is C19H24N2O4S. The zero-order chi connectivity index (χ0) is 19.3. The molecule has 0 aliphatic heterocycles. The van der Waals surface area contributed by atoms with Crippen LogP contribution in [-0.2, 0) is 14.8 Å². The van der Waals surface area contributed by atoms with Gasteiger partial charge in [-0.2, -0.15) is 0 Å². The summed E-state index contributed by atoms with van der Waals surface area (Å²) < 4.78 is 31.2. The number of ether oxygens (including phenoxy) is 1. The van der Waals surface area contributed by atoms with E-state index in [-0.39, 0.29) is 0 Å². The van der Waals surface area contributed by atoms with Gasteiger partial charge < -0.3 is 10.1 Å². The van der Waals surface area contributed by atoms with Gasteiger partial charge in [0.25, 0.3) is 0 Å². The molecule has 0 aliphatic carbocycles. The highest BCUT2D eigenvalue weighted by Crippen LogP contribution is 2.27. The number of hydrogen-bond donors (Lipinski definition) is 1. The Kier molecular flexibility index (Phi) is 6.26. The number of amides is 1. The van der Waals surface area contributed by atoms with Gasteiger partial charge in [0, 0.05) is 0 Å². The van der Waals surface area contributed by atoms with Gasteiger partial charge >= 0.3 is 0 Å². The Morgan fingerprint density at radius 1 is 1.19 bits per heavy atom. The lowest BCUT2D eigenvalue weighted by atomic mass is 10.1. The monoisotopic (exact) mass is 376 g/mol. The number of para-hydroxylation sites is 1. The molecule has 1 N–H and O–H groups in total. The lowest BCUT2D eigenvalue weighted by Crippen LogP contribution is -2.47. The summed E-state index contributed by atoms with van der Waals surface area (Å²) in [5, 5.41) is 2.81. The van der Waals surface area contributed by atoms with Crippen LogP contribution in [0.2, 0.25) is 0 Å². The molecule has 7 heteroatoms. The third-order valence-electron chi connectivity index (χ3n) is 3.95. The van der Waals surface area contributed by atoms with Crippen molar-refractivity contribution in [1.82, 2.24) is 0 Å². The predicted octanol–water partition coefficient (Wildman–Crippen LogP) is 3.19.